The second-order valence-electron chi connectivity index (χ2n) is 3.21. The van der Waals surface area contributed by atoms with Gasteiger partial charge >= 0.3 is 0 Å². The molecular formula is C10H14BrClN2O. The molecule has 15 heavy (non-hydrogen) atoms. The molecule has 0 spiro atoms. The highest BCUT2D eigenvalue weighted by molar-refractivity contribution is 9.10. The summed E-state index contributed by atoms with van der Waals surface area (Å²) in [6.45, 7) is 2.52. The van der Waals surface area contributed by atoms with E-state index in [1.807, 2.05) is 19.1 Å². The normalized spacial score (nSPS) is 12.5. The summed E-state index contributed by atoms with van der Waals surface area (Å²) in [6.07, 6.45) is 0. The monoisotopic (exact) mass is 292 g/mol. The van der Waals surface area contributed by atoms with Gasteiger partial charge in [0.15, 0.2) is 0 Å². The van der Waals surface area contributed by atoms with E-state index in [2.05, 4.69) is 26.2 Å². The van der Waals surface area contributed by atoms with E-state index in [1.54, 1.807) is 7.11 Å². The number of anilines is 1. The first-order valence-electron chi connectivity index (χ1n) is 4.62. The van der Waals surface area contributed by atoms with Crippen molar-refractivity contribution in [3.8, 4) is 0 Å². The second-order valence-corrected chi connectivity index (χ2v) is 4.38. The number of hydrogen-bond acceptors (Lipinski definition) is 3. The summed E-state index contributed by atoms with van der Waals surface area (Å²) >= 11 is 9.19. The van der Waals surface area contributed by atoms with Gasteiger partial charge in [-0.2, -0.15) is 0 Å². The van der Waals surface area contributed by atoms with E-state index in [1.165, 1.54) is 0 Å². The fraction of sp³-hybridized carbons (Fsp3) is 0.500. The van der Waals surface area contributed by atoms with Crippen molar-refractivity contribution in [1.82, 2.24) is 4.98 Å². The van der Waals surface area contributed by atoms with E-state index in [0.29, 0.717) is 12.5 Å². The van der Waals surface area contributed by atoms with Crippen LogP contribution < -0.4 is 5.32 Å². The molecule has 1 heterocycles. The quantitative estimate of drug-likeness (QED) is 0.848. The minimum absolute atomic E-state index is 0.0877. The molecule has 1 rings (SSSR count). The zero-order valence-corrected chi connectivity index (χ0v) is 11.1. The number of rotatable bonds is 5. The number of aryl methyl sites for hydroxylation is 1. The average Bonchev–Trinajstić information content (AvgIpc) is 2.23. The summed E-state index contributed by atoms with van der Waals surface area (Å²) in [5, 5.41) is 3.21. The van der Waals surface area contributed by atoms with Crippen LogP contribution in [0.5, 0.6) is 0 Å². The van der Waals surface area contributed by atoms with E-state index >= 15 is 0 Å². The van der Waals surface area contributed by atoms with Crippen molar-refractivity contribution in [2.75, 3.05) is 24.9 Å². The summed E-state index contributed by atoms with van der Waals surface area (Å²) < 4.78 is 6.04. The SMILES string of the molecule is COCC(CCl)Nc1ccc(Br)c(C)n1. The molecule has 1 aromatic heterocycles. The van der Waals surface area contributed by atoms with Crippen LogP contribution in [0, 0.1) is 6.92 Å². The van der Waals surface area contributed by atoms with Gasteiger partial charge < -0.3 is 10.1 Å². The Morgan fingerprint density at radius 2 is 2.33 bits per heavy atom. The van der Waals surface area contributed by atoms with Crippen molar-refractivity contribution in [3.63, 3.8) is 0 Å². The third-order valence-corrected chi connectivity index (χ3v) is 3.14. The van der Waals surface area contributed by atoms with E-state index in [4.69, 9.17) is 16.3 Å². The Labute approximate surface area is 103 Å². The smallest absolute Gasteiger partial charge is 0.126 e. The number of aromatic nitrogens is 1. The lowest BCUT2D eigenvalue weighted by atomic mass is 10.3. The Bertz CT molecular complexity index is 322. The summed E-state index contributed by atoms with van der Waals surface area (Å²) in [7, 11) is 1.65. The van der Waals surface area contributed by atoms with Crippen molar-refractivity contribution < 1.29 is 4.74 Å². The number of nitrogens with one attached hydrogen (secondary N) is 1. The number of halogens is 2. The molecule has 84 valence electrons. The Kier molecular flexibility index (Phi) is 5.36. The predicted molar refractivity (Wildman–Crippen MR) is 66.7 cm³/mol. The van der Waals surface area contributed by atoms with Gasteiger partial charge in [0, 0.05) is 17.5 Å². The molecule has 3 nitrogen and oxygen atoms in total. The van der Waals surface area contributed by atoms with E-state index < -0.39 is 0 Å². The van der Waals surface area contributed by atoms with Gasteiger partial charge in [0.05, 0.1) is 18.3 Å². The number of hydrogen-bond donors (Lipinski definition) is 1. The van der Waals surface area contributed by atoms with E-state index in [9.17, 15) is 0 Å². The molecule has 1 unspecified atom stereocenters. The predicted octanol–water partition coefficient (Wildman–Crippen LogP) is 2.82. The zero-order valence-electron chi connectivity index (χ0n) is 8.76. The summed E-state index contributed by atoms with van der Waals surface area (Å²) in [5.41, 5.74) is 0.950. The van der Waals surface area contributed by atoms with Gasteiger partial charge in [-0.05, 0) is 35.0 Å². The maximum absolute atomic E-state index is 5.79. The third-order valence-electron chi connectivity index (χ3n) is 1.93. The lowest BCUT2D eigenvalue weighted by Crippen LogP contribution is -2.27. The van der Waals surface area contributed by atoms with Crippen LogP contribution in [-0.2, 0) is 4.74 Å². The summed E-state index contributed by atoms with van der Waals surface area (Å²) in [5.74, 6) is 1.31. The van der Waals surface area contributed by atoms with Crippen LogP contribution in [-0.4, -0.2) is 30.6 Å². The minimum Gasteiger partial charge on any atom is -0.383 e. The fourth-order valence-electron chi connectivity index (χ4n) is 1.16. The topological polar surface area (TPSA) is 34.1 Å². The van der Waals surface area contributed by atoms with Crippen molar-refractivity contribution in [2.24, 2.45) is 0 Å². The largest absolute Gasteiger partial charge is 0.383 e. The minimum atomic E-state index is 0.0877. The molecule has 5 heteroatoms. The molecule has 0 radical (unpaired) electrons. The summed E-state index contributed by atoms with van der Waals surface area (Å²) in [6, 6.07) is 3.96. The zero-order chi connectivity index (χ0) is 11.3. The Morgan fingerprint density at radius 1 is 1.60 bits per heavy atom. The molecule has 0 aromatic carbocycles. The van der Waals surface area contributed by atoms with Crippen molar-refractivity contribution >= 4 is 33.3 Å². The van der Waals surface area contributed by atoms with Crippen LogP contribution in [0.3, 0.4) is 0 Å². The Morgan fingerprint density at radius 3 is 2.87 bits per heavy atom. The first kappa shape index (κ1) is 12.7. The Balaban J connectivity index is 2.66. The fourth-order valence-corrected chi connectivity index (χ4v) is 1.55. The van der Waals surface area contributed by atoms with E-state index in [0.717, 1.165) is 16.0 Å². The number of nitrogens with zero attached hydrogens (tertiary/aromatic N) is 1. The number of ether oxygens (including phenoxy) is 1. The lowest BCUT2D eigenvalue weighted by molar-refractivity contribution is 0.191. The molecule has 0 saturated heterocycles. The van der Waals surface area contributed by atoms with Crippen LogP contribution in [0.25, 0.3) is 0 Å². The second kappa shape index (κ2) is 6.30. The molecule has 0 aliphatic heterocycles. The van der Waals surface area contributed by atoms with Crippen molar-refractivity contribution in [3.05, 3.63) is 22.3 Å². The maximum atomic E-state index is 5.79. The highest BCUT2D eigenvalue weighted by atomic mass is 79.9. The molecule has 0 bridgehead atoms. The third kappa shape index (κ3) is 3.97. The lowest BCUT2D eigenvalue weighted by Gasteiger charge is -2.15. The van der Waals surface area contributed by atoms with E-state index in [-0.39, 0.29) is 6.04 Å². The summed E-state index contributed by atoms with van der Waals surface area (Å²) in [4.78, 5) is 4.37. The van der Waals surface area contributed by atoms with Crippen LogP contribution in [0.2, 0.25) is 0 Å². The highest BCUT2D eigenvalue weighted by Crippen LogP contribution is 2.16. The number of alkyl halides is 1. The molecule has 0 amide bonds. The van der Waals surface area contributed by atoms with Gasteiger partial charge in [-0.25, -0.2) is 4.98 Å². The van der Waals surface area contributed by atoms with Crippen LogP contribution in [0.15, 0.2) is 16.6 Å². The van der Waals surface area contributed by atoms with Gasteiger partial charge in [-0.1, -0.05) is 0 Å². The van der Waals surface area contributed by atoms with Crippen molar-refractivity contribution in [2.45, 2.75) is 13.0 Å². The molecule has 0 aliphatic carbocycles. The molecule has 1 aromatic rings. The molecular weight excluding hydrogens is 279 g/mol. The van der Waals surface area contributed by atoms with Gasteiger partial charge in [-0.3, -0.25) is 0 Å². The van der Waals surface area contributed by atoms with Crippen LogP contribution in [0.4, 0.5) is 5.82 Å². The molecule has 0 aliphatic rings. The van der Waals surface area contributed by atoms with Crippen LogP contribution >= 0.6 is 27.5 Å². The number of pyridine rings is 1. The van der Waals surface area contributed by atoms with Gasteiger partial charge in [0.25, 0.3) is 0 Å². The first-order valence-corrected chi connectivity index (χ1v) is 5.94. The molecule has 0 saturated carbocycles. The van der Waals surface area contributed by atoms with Crippen LogP contribution in [0.1, 0.15) is 5.69 Å². The average molecular weight is 294 g/mol. The Hall–Kier alpha value is -0.320. The number of methoxy groups -OCH3 is 1. The van der Waals surface area contributed by atoms with Crippen molar-refractivity contribution in [1.29, 1.82) is 0 Å². The molecule has 0 fully saturated rings. The first-order chi connectivity index (χ1) is 7.17. The molecule has 1 atom stereocenters. The maximum Gasteiger partial charge on any atom is 0.126 e. The van der Waals surface area contributed by atoms with Gasteiger partial charge in [0.1, 0.15) is 5.82 Å². The molecule has 1 N–H and O–H groups in total. The van der Waals surface area contributed by atoms with Gasteiger partial charge in [-0.15, -0.1) is 11.6 Å². The highest BCUT2D eigenvalue weighted by Gasteiger charge is 2.07. The standard InChI is InChI=1S/C10H14BrClN2O/c1-7-9(11)3-4-10(13-7)14-8(5-12)6-15-2/h3-4,8H,5-6H2,1-2H3,(H,13,14). The van der Waals surface area contributed by atoms with Gasteiger partial charge in [0.2, 0.25) is 0 Å².